The monoisotopic (exact) mass is 141 g/mol. The first-order valence-electron chi connectivity index (χ1n) is 3.91. The number of nitro groups is 1. The number of hydrogen-bond acceptors (Lipinski definition) is 2. The van der Waals surface area contributed by atoms with Crippen molar-refractivity contribution in [3.63, 3.8) is 0 Å². The quantitative estimate of drug-likeness (QED) is 0.409. The Kier molecular flexibility index (Phi) is 1.19. The second-order valence-electron chi connectivity index (χ2n) is 3.53. The second-order valence-corrected chi connectivity index (χ2v) is 3.53. The van der Waals surface area contributed by atoms with Crippen LogP contribution in [-0.4, -0.2) is 11.0 Å². The minimum atomic E-state index is -0.182. The fourth-order valence-corrected chi connectivity index (χ4v) is 2.47. The van der Waals surface area contributed by atoms with Crippen molar-refractivity contribution in [3.05, 3.63) is 10.1 Å². The highest BCUT2D eigenvalue weighted by atomic mass is 16.6. The molecule has 0 heterocycles. The van der Waals surface area contributed by atoms with Gasteiger partial charge < -0.3 is 0 Å². The Morgan fingerprint density at radius 3 is 2.40 bits per heavy atom. The van der Waals surface area contributed by atoms with E-state index in [1.165, 1.54) is 6.42 Å². The molecule has 0 saturated heterocycles. The van der Waals surface area contributed by atoms with Gasteiger partial charge in [-0.3, -0.25) is 10.1 Å². The molecule has 0 unspecified atom stereocenters. The highest BCUT2D eigenvalue weighted by molar-refractivity contribution is 4.90. The smallest absolute Gasteiger partial charge is 0.216 e. The van der Waals surface area contributed by atoms with E-state index in [0.29, 0.717) is 11.8 Å². The number of nitrogens with zero attached hydrogens (tertiary/aromatic N) is 1. The summed E-state index contributed by atoms with van der Waals surface area (Å²) in [4.78, 5) is 10.3. The van der Waals surface area contributed by atoms with Gasteiger partial charge in [0.05, 0.1) is 0 Å². The topological polar surface area (TPSA) is 43.1 Å². The molecule has 0 amide bonds. The lowest BCUT2D eigenvalue weighted by molar-refractivity contribution is -0.530. The molecule has 0 aromatic rings. The Hall–Kier alpha value is -0.600. The predicted octanol–water partition coefficient (Wildman–Crippen LogP) is 1.45. The van der Waals surface area contributed by atoms with E-state index in [9.17, 15) is 10.1 Å². The molecule has 2 rings (SSSR count). The van der Waals surface area contributed by atoms with Gasteiger partial charge in [0.2, 0.25) is 6.04 Å². The molecule has 3 nitrogen and oxygen atoms in total. The Morgan fingerprint density at radius 2 is 2.10 bits per heavy atom. The Balaban J connectivity index is 2.08. The lowest BCUT2D eigenvalue weighted by Crippen LogP contribution is -2.25. The molecular formula is C7H11NO2. The van der Waals surface area contributed by atoms with Crippen LogP contribution in [-0.2, 0) is 0 Å². The van der Waals surface area contributed by atoms with Crippen LogP contribution < -0.4 is 0 Å². The summed E-state index contributed by atoms with van der Waals surface area (Å²) < 4.78 is 0. The van der Waals surface area contributed by atoms with Crippen LogP contribution in [0.3, 0.4) is 0 Å². The maximum atomic E-state index is 10.4. The van der Waals surface area contributed by atoms with Gasteiger partial charge in [0, 0.05) is 17.3 Å². The van der Waals surface area contributed by atoms with E-state index >= 15 is 0 Å². The van der Waals surface area contributed by atoms with Crippen molar-refractivity contribution in [1.82, 2.24) is 0 Å². The number of rotatable bonds is 1. The van der Waals surface area contributed by atoms with E-state index in [1.54, 1.807) is 0 Å². The van der Waals surface area contributed by atoms with Crippen molar-refractivity contribution in [2.24, 2.45) is 11.8 Å². The van der Waals surface area contributed by atoms with Crippen LogP contribution in [0.25, 0.3) is 0 Å². The standard InChI is InChI=1S/C7H11NO2/c9-8(10)7-4-5-1-2-6(7)3-5/h5-7H,1-4H2/t5-,6+,7-/m0/s1. The van der Waals surface area contributed by atoms with E-state index in [2.05, 4.69) is 0 Å². The van der Waals surface area contributed by atoms with Gasteiger partial charge in [-0.2, -0.15) is 0 Å². The average Bonchev–Trinajstić information content (AvgIpc) is 2.44. The molecule has 2 aliphatic carbocycles. The summed E-state index contributed by atoms with van der Waals surface area (Å²) in [6, 6.07) is -0.182. The summed E-state index contributed by atoms with van der Waals surface area (Å²) in [5.74, 6) is 1.13. The molecule has 2 bridgehead atoms. The van der Waals surface area contributed by atoms with Gasteiger partial charge in [-0.1, -0.05) is 0 Å². The van der Waals surface area contributed by atoms with Crippen molar-refractivity contribution in [2.75, 3.05) is 0 Å². The molecule has 0 aromatic carbocycles. The molecule has 0 radical (unpaired) electrons. The summed E-state index contributed by atoms with van der Waals surface area (Å²) >= 11 is 0. The fraction of sp³-hybridized carbons (Fsp3) is 1.00. The Labute approximate surface area is 59.6 Å². The van der Waals surface area contributed by atoms with E-state index in [-0.39, 0.29) is 11.0 Å². The molecule has 2 fully saturated rings. The zero-order valence-electron chi connectivity index (χ0n) is 5.82. The van der Waals surface area contributed by atoms with Gasteiger partial charge >= 0.3 is 0 Å². The summed E-state index contributed by atoms with van der Waals surface area (Å²) in [6.07, 6.45) is 4.34. The van der Waals surface area contributed by atoms with Gasteiger partial charge in [-0.05, 0) is 25.2 Å². The van der Waals surface area contributed by atoms with E-state index < -0.39 is 0 Å². The zero-order chi connectivity index (χ0) is 7.14. The van der Waals surface area contributed by atoms with Gasteiger partial charge in [0.1, 0.15) is 0 Å². The molecule has 3 atom stereocenters. The van der Waals surface area contributed by atoms with Gasteiger partial charge in [-0.25, -0.2) is 0 Å². The van der Waals surface area contributed by atoms with Crippen molar-refractivity contribution in [3.8, 4) is 0 Å². The van der Waals surface area contributed by atoms with Crippen LogP contribution in [0.2, 0.25) is 0 Å². The maximum Gasteiger partial charge on any atom is 0.216 e. The molecule has 0 aliphatic heterocycles. The first-order valence-corrected chi connectivity index (χ1v) is 3.91. The highest BCUT2D eigenvalue weighted by Crippen LogP contribution is 2.45. The molecule has 3 heteroatoms. The molecule has 56 valence electrons. The van der Waals surface area contributed by atoms with Crippen LogP contribution in [0, 0.1) is 22.0 Å². The van der Waals surface area contributed by atoms with Crippen LogP contribution in [0.4, 0.5) is 0 Å². The van der Waals surface area contributed by atoms with Crippen LogP contribution >= 0.6 is 0 Å². The summed E-state index contributed by atoms with van der Waals surface area (Å²) in [7, 11) is 0. The fourth-order valence-electron chi connectivity index (χ4n) is 2.47. The molecule has 2 saturated carbocycles. The lowest BCUT2D eigenvalue weighted by Gasteiger charge is -2.13. The van der Waals surface area contributed by atoms with Crippen LogP contribution in [0.1, 0.15) is 25.7 Å². The third-order valence-electron chi connectivity index (χ3n) is 2.97. The van der Waals surface area contributed by atoms with E-state index in [1.807, 2.05) is 0 Å². The second kappa shape index (κ2) is 1.94. The molecule has 0 spiro atoms. The minimum Gasteiger partial charge on any atom is -0.264 e. The predicted molar refractivity (Wildman–Crippen MR) is 36.2 cm³/mol. The third-order valence-corrected chi connectivity index (χ3v) is 2.97. The average molecular weight is 141 g/mol. The molecule has 10 heavy (non-hydrogen) atoms. The first kappa shape index (κ1) is 6.13. The number of hydrogen-bond donors (Lipinski definition) is 0. The molecular weight excluding hydrogens is 130 g/mol. The van der Waals surface area contributed by atoms with Crippen LogP contribution in [0.15, 0.2) is 0 Å². The summed E-state index contributed by atoms with van der Waals surface area (Å²) in [5.41, 5.74) is 0. The lowest BCUT2D eigenvalue weighted by atomic mass is 9.96. The highest BCUT2D eigenvalue weighted by Gasteiger charge is 2.46. The minimum absolute atomic E-state index is 0.0795. The maximum absolute atomic E-state index is 10.4. The van der Waals surface area contributed by atoms with E-state index in [4.69, 9.17) is 0 Å². The van der Waals surface area contributed by atoms with Gasteiger partial charge in [-0.15, -0.1) is 0 Å². The molecule has 0 N–H and O–H groups in total. The largest absolute Gasteiger partial charge is 0.264 e. The molecule has 0 aromatic heterocycles. The third kappa shape index (κ3) is 0.728. The SMILES string of the molecule is O=[N+]([O-])[C@H]1C[C@H]2CC[C@@H]1C2. The first-order chi connectivity index (χ1) is 4.77. The number of fused-ring (bicyclic) bond motifs is 2. The van der Waals surface area contributed by atoms with Crippen molar-refractivity contribution in [2.45, 2.75) is 31.7 Å². The van der Waals surface area contributed by atoms with Crippen molar-refractivity contribution >= 4 is 0 Å². The van der Waals surface area contributed by atoms with Crippen molar-refractivity contribution in [1.29, 1.82) is 0 Å². The Bertz CT molecular complexity index is 169. The van der Waals surface area contributed by atoms with Gasteiger partial charge in [0.15, 0.2) is 0 Å². The zero-order valence-corrected chi connectivity index (χ0v) is 5.82. The molecule has 2 aliphatic rings. The summed E-state index contributed by atoms with van der Waals surface area (Å²) in [6.45, 7) is 0. The Morgan fingerprint density at radius 1 is 1.30 bits per heavy atom. The van der Waals surface area contributed by atoms with Gasteiger partial charge in [0.25, 0.3) is 0 Å². The van der Waals surface area contributed by atoms with E-state index in [0.717, 1.165) is 19.3 Å². The van der Waals surface area contributed by atoms with Crippen molar-refractivity contribution < 1.29 is 4.92 Å². The van der Waals surface area contributed by atoms with Crippen LogP contribution in [0.5, 0.6) is 0 Å². The summed E-state index contributed by atoms with van der Waals surface area (Å²) in [5, 5.41) is 10.4. The normalized spacial score (nSPS) is 44.2.